The summed E-state index contributed by atoms with van der Waals surface area (Å²) >= 11 is 0. The van der Waals surface area contributed by atoms with Crippen LogP contribution in [0.5, 0.6) is 0 Å². The fourth-order valence-corrected chi connectivity index (χ4v) is 3.10. The second-order valence-electron chi connectivity index (χ2n) is 6.46. The number of fused-ring (bicyclic) bond motifs is 3. The predicted octanol–water partition coefficient (Wildman–Crippen LogP) is 4.76. The van der Waals surface area contributed by atoms with E-state index in [-0.39, 0.29) is 6.33 Å². The minimum absolute atomic E-state index is 0.250. The lowest BCUT2D eigenvalue weighted by Crippen LogP contribution is -2.44. The molecule has 0 spiro atoms. The summed E-state index contributed by atoms with van der Waals surface area (Å²) in [6.45, 7) is 9.50. The van der Waals surface area contributed by atoms with E-state index in [0.29, 0.717) is 12.6 Å². The Morgan fingerprint density at radius 1 is 1.41 bits per heavy atom. The average Bonchev–Trinajstić information content (AvgIpc) is 2.76. The summed E-state index contributed by atoms with van der Waals surface area (Å²) in [7, 11) is 0. The first kappa shape index (κ1) is 16.7. The molecule has 0 saturated heterocycles. The Morgan fingerprint density at radius 3 is 2.68 bits per heavy atom. The van der Waals surface area contributed by atoms with Crippen molar-refractivity contribution in [3.63, 3.8) is 0 Å². The first-order valence-corrected chi connectivity index (χ1v) is 7.58. The van der Waals surface area contributed by atoms with Crippen LogP contribution in [0.3, 0.4) is 0 Å². The molecule has 0 bridgehead atoms. The first-order chi connectivity index (χ1) is 10.4. The molecular weight excluding hydrogens is 282 g/mol. The minimum Gasteiger partial charge on any atom is -0.357 e. The van der Waals surface area contributed by atoms with E-state index in [9.17, 15) is 8.78 Å². The van der Waals surface area contributed by atoms with Crippen LogP contribution in [0.2, 0.25) is 0 Å². The van der Waals surface area contributed by atoms with Crippen LogP contribution in [-0.2, 0) is 13.0 Å². The average molecular weight is 306 g/mol. The zero-order valence-electron chi connectivity index (χ0n) is 13.5. The highest BCUT2D eigenvalue weighted by molar-refractivity contribution is 5.84. The molecule has 0 unspecified atom stereocenters. The summed E-state index contributed by atoms with van der Waals surface area (Å²) < 4.78 is 23.9. The number of H-pyrrole nitrogens is 1. The lowest BCUT2D eigenvalue weighted by atomic mass is 9.96. The topological polar surface area (TPSA) is 19.0 Å². The normalized spacial score (nSPS) is 18.5. The highest BCUT2D eigenvalue weighted by Crippen LogP contribution is 2.31. The van der Waals surface area contributed by atoms with E-state index in [1.165, 1.54) is 22.2 Å². The van der Waals surface area contributed by atoms with Gasteiger partial charge in [-0.2, -0.15) is 0 Å². The van der Waals surface area contributed by atoms with Gasteiger partial charge in [0.15, 0.2) is 0 Å². The number of benzene rings is 1. The van der Waals surface area contributed by atoms with E-state index in [0.717, 1.165) is 13.0 Å². The first-order valence-electron chi connectivity index (χ1n) is 7.58. The molecule has 1 atom stereocenters. The Kier molecular flexibility index (Phi) is 5.01. The molecular formula is C18H24F2N2. The summed E-state index contributed by atoms with van der Waals surface area (Å²) in [4.78, 5) is 5.72. The smallest absolute Gasteiger partial charge is 0.118 e. The van der Waals surface area contributed by atoms with Gasteiger partial charge in [-0.1, -0.05) is 24.8 Å². The summed E-state index contributed by atoms with van der Waals surface area (Å²) in [6, 6.07) is 8.81. The highest BCUT2D eigenvalue weighted by atomic mass is 19.1. The van der Waals surface area contributed by atoms with Crippen molar-refractivity contribution in [1.29, 1.82) is 0 Å². The molecule has 120 valence electrons. The van der Waals surface area contributed by atoms with E-state index in [1.807, 2.05) is 0 Å². The van der Waals surface area contributed by atoms with Crippen molar-refractivity contribution in [3.8, 4) is 0 Å². The number of alkyl halides is 1. The van der Waals surface area contributed by atoms with Crippen LogP contribution in [0.4, 0.5) is 8.78 Å². The number of nitrogens with zero attached hydrogens (tertiary/aromatic N) is 1. The van der Waals surface area contributed by atoms with Crippen molar-refractivity contribution in [2.45, 2.75) is 45.4 Å². The van der Waals surface area contributed by atoms with Crippen molar-refractivity contribution in [2.75, 3.05) is 6.54 Å². The van der Waals surface area contributed by atoms with Crippen molar-refractivity contribution in [2.24, 2.45) is 0 Å². The number of hydrogen-bond acceptors (Lipinski definition) is 1. The number of aromatic nitrogens is 1. The van der Waals surface area contributed by atoms with Crippen LogP contribution in [0.15, 0.2) is 37.2 Å². The number of aromatic amines is 1. The van der Waals surface area contributed by atoms with Gasteiger partial charge in [-0.15, -0.1) is 0 Å². The van der Waals surface area contributed by atoms with E-state index in [4.69, 9.17) is 0 Å². The number of para-hydroxylation sites is 1. The lowest BCUT2D eigenvalue weighted by molar-refractivity contribution is 0.0853. The van der Waals surface area contributed by atoms with Gasteiger partial charge in [0.2, 0.25) is 0 Å². The molecule has 3 rings (SSSR count). The van der Waals surface area contributed by atoms with Gasteiger partial charge in [-0.05, 0) is 38.8 Å². The Bertz CT molecular complexity index is 640. The molecule has 0 aliphatic carbocycles. The van der Waals surface area contributed by atoms with Gasteiger partial charge < -0.3 is 4.98 Å². The lowest BCUT2D eigenvalue weighted by Gasteiger charge is -2.36. The molecule has 2 nitrogen and oxygen atoms in total. The minimum atomic E-state index is -1.14. The van der Waals surface area contributed by atoms with Crippen LogP contribution in [0.1, 0.15) is 32.0 Å². The van der Waals surface area contributed by atoms with Crippen molar-refractivity contribution in [3.05, 3.63) is 48.4 Å². The van der Waals surface area contributed by atoms with Gasteiger partial charge in [0, 0.05) is 35.7 Å². The molecule has 0 fully saturated rings. The third-order valence-electron chi connectivity index (χ3n) is 3.97. The number of halogens is 2. The third-order valence-corrected chi connectivity index (χ3v) is 3.97. The van der Waals surface area contributed by atoms with Crippen LogP contribution in [0.25, 0.3) is 10.9 Å². The summed E-state index contributed by atoms with van der Waals surface area (Å²) in [5, 5.41) is 1.32. The molecule has 22 heavy (non-hydrogen) atoms. The standard InChI is InChI=1S/C16H21FN2.C2H3F/c1-11-8-13-12-6-4-5-7-14(12)18-15(13)9-19(11)10-16(2,3)17;1-2-3/h4-7,11,18H,8-10H2,1-3H3;2H,1H2/t11-;/m1./s1. The molecule has 1 N–H and O–H groups in total. The molecule has 0 saturated carbocycles. The van der Waals surface area contributed by atoms with E-state index in [1.54, 1.807) is 13.8 Å². The van der Waals surface area contributed by atoms with Crippen molar-refractivity contribution >= 4 is 10.9 Å². The van der Waals surface area contributed by atoms with Crippen LogP contribution in [-0.4, -0.2) is 28.1 Å². The zero-order valence-corrected chi connectivity index (χ0v) is 13.5. The largest absolute Gasteiger partial charge is 0.357 e. The van der Waals surface area contributed by atoms with Gasteiger partial charge in [0.05, 0.1) is 6.33 Å². The fourth-order valence-electron chi connectivity index (χ4n) is 3.10. The molecule has 2 aromatic rings. The summed E-state index contributed by atoms with van der Waals surface area (Å²) in [5.74, 6) is 0. The quantitative estimate of drug-likeness (QED) is 0.847. The Balaban J connectivity index is 0.000000545. The Hall–Kier alpha value is -1.68. The second kappa shape index (κ2) is 6.61. The molecule has 0 radical (unpaired) electrons. The maximum Gasteiger partial charge on any atom is 0.118 e. The van der Waals surface area contributed by atoms with Crippen molar-refractivity contribution < 1.29 is 8.78 Å². The number of rotatable bonds is 2. The van der Waals surface area contributed by atoms with Crippen LogP contribution >= 0.6 is 0 Å². The molecule has 1 aliphatic heterocycles. The Labute approximate surface area is 130 Å². The SMILES string of the molecule is C=CF.C[C@@H]1Cc2c([nH]c3ccccc23)CN1CC(C)(C)F. The third kappa shape index (κ3) is 3.74. The van der Waals surface area contributed by atoms with E-state index < -0.39 is 5.67 Å². The predicted molar refractivity (Wildman–Crippen MR) is 88.4 cm³/mol. The summed E-state index contributed by atoms with van der Waals surface area (Å²) in [5.41, 5.74) is 2.72. The highest BCUT2D eigenvalue weighted by Gasteiger charge is 2.30. The van der Waals surface area contributed by atoms with Gasteiger partial charge in [0.1, 0.15) is 5.67 Å². The molecule has 4 heteroatoms. The van der Waals surface area contributed by atoms with Gasteiger partial charge in [0.25, 0.3) is 0 Å². The van der Waals surface area contributed by atoms with Crippen LogP contribution in [0, 0.1) is 0 Å². The molecule has 1 aliphatic rings. The van der Waals surface area contributed by atoms with E-state index >= 15 is 0 Å². The maximum absolute atomic E-state index is 13.9. The van der Waals surface area contributed by atoms with Crippen molar-refractivity contribution in [1.82, 2.24) is 9.88 Å². The van der Waals surface area contributed by atoms with E-state index in [2.05, 4.69) is 47.7 Å². The van der Waals surface area contributed by atoms with Crippen LogP contribution < -0.4 is 0 Å². The monoisotopic (exact) mass is 306 g/mol. The number of hydrogen-bond donors (Lipinski definition) is 1. The molecule has 2 heterocycles. The van der Waals surface area contributed by atoms with Gasteiger partial charge >= 0.3 is 0 Å². The summed E-state index contributed by atoms with van der Waals surface area (Å²) in [6.07, 6.45) is 1.25. The Morgan fingerprint density at radius 2 is 2.05 bits per heavy atom. The fraction of sp³-hybridized carbons (Fsp3) is 0.444. The van der Waals surface area contributed by atoms with Gasteiger partial charge in [-0.3, -0.25) is 4.90 Å². The second-order valence-corrected chi connectivity index (χ2v) is 6.46. The zero-order chi connectivity index (χ0) is 16.3. The number of nitrogens with one attached hydrogen (secondary N) is 1. The molecule has 0 amide bonds. The molecule has 1 aromatic carbocycles. The maximum atomic E-state index is 13.9. The molecule has 1 aromatic heterocycles. The van der Waals surface area contributed by atoms with Gasteiger partial charge in [-0.25, -0.2) is 8.78 Å².